The Balaban J connectivity index is 1.82. The van der Waals surface area contributed by atoms with Gasteiger partial charge in [0.05, 0.1) is 12.3 Å². The number of hydrogen-bond acceptors (Lipinski definition) is 3. The van der Waals surface area contributed by atoms with Crippen LogP contribution in [-0.4, -0.2) is 42.5 Å². The number of rotatable bonds is 4. The molecule has 0 aromatic heterocycles. The first-order valence-corrected chi connectivity index (χ1v) is 9.00. The summed E-state index contributed by atoms with van der Waals surface area (Å²) in [5.74, 6) is 0.357. The van der Waals surface area contributed by atoms with E-state index < -0.39 is 6.04 Å². The molecule has 0 saturated carbocycles. The fraction of sp³-hybridized carbons (Fsp3) is 0.300. The Bertz CT molecular complexity index is 824. The Kier molecular flexibility index (Phi) is 5.47. The van der Waals surface area contributed by atoms with E-state index in [0.29, 0.717) is 36.0 Å². The summed E-state index contributed by atoms with van der Waals surface area (Å²) in [7, 11) is 0. The van der Waals surface area contributed by atoms with Crippen LogP contribution in [0.2, 0.25) is 5.02 Å². The molecule has 1 aliphatic rings. The maximum atomic E-state index is 12.9. The van der Waals surface area contributed by atoms with E-state index in [9.17, 15) is 9.59 Å². The molecule has 1 aliphatic heterocycles. The molecule has 1 unspecified atom stereocenters. The number of anilines is 1. The number of halogens is 1. The Hall–Kier alpha value is -2.53. The summed E-state index contributed by atoms with van der Waals surface area (Å²) in [4.78, 5) is 29.0. The standard InChI is InChI=1S/C20H21ClN2O3/c1-3-26-18-10-5-4-9-17(18)23-12-11-22(14(2)19(23)24)20(25)15-7-6-8-16(21)13-15/h4-10,13-14H,3,11-12H2,1-2H3. The van der Waals surface area contributed by atoms with Crippen molar-refractivity contribution in [1.82, 2.24) is 4.90 Å². The van der Waals surface area contributed by atoms with Crippen molar-refractivity contribution in [2.24, 2.45) is 0 Å². The molecule has 1 atom stereocenters. The van der Waals surface area contributed by atoms with Gasteiger partial charge >= 0.3 is 0 Å². The van der Waals surface area contributed by atoms with Gasteiger partial charge in [-0.3, -0.25) is 9.59 Å². The number of amides is 2. The third kappa shape index (κ3) is 3.53. The van der Waals surface area contributed by atoms with E-state index in [1.807, 2.05) is 31.2 Å². The largest absolute Gasteiger partial charge is 0.492 e. The van der Waals surface area contributed by atoms with E-state index in [2.05, 4.69) is 0 Å². The molecule has 26 heavy (non-hydrogen) atoms. The highest BCUT2D eigenvalue weighted by molar-refractivity contribution is 6.31. The Labute approximate surface area is 158 Å². The van der Waals surface area contributed by atoms with E-state index in [-0.39, 0.29) is 11.8 Å². The molecule has 0 N–H and O–H groups in total. The van der Waals surface area contributed by atoms with Gasteiger partial charge in [0.2, 0.25) is 5.91 Å². The Morgan fingerprint density at radius 1 is 1.19 bits per heavy atom. The molecule has 1 fully saturated rings. The van der Waals surface area contributed by atoms with Gasteiger partial charge in [0, 0.05) is 23.7 Å². The Morgan fingerprint density at radius 3 is 2.69 bits per heavy atom. The normalized spacial score (nSPS) is 17.3. The maximum absolute atomic E-state index is 12.9. The lowest BCUT2D eigenvalue weighted by atomic mass is 10.1. The van der Waals surface area contributed by atoms with Gasteiger partial charge in [-0.1, -0.05) is 29.8 Å². The van der Waals surface area contributed by atoms with Crippen LogP contribution in [-0.2, 0) is 4.79 Å². The van der Waals surface area contributed by atoms with Gasteiger partial charge in [0.1, 0.15) is 11.8 Å². The van der Waals surface area contributed by atoms with Crippen LogP contribution in [0.15, 0.2) is 48.5 Å². The summed E-state index contributed by atoms with van der Waals surface area (Å²) in [6.45, 7) is 5.04. The van der Waals surface area contributed by atoms with Crippen LogP contribution in [0.5, 0.6) is 5.75 Å². The molecule has 0 bridgehead atoms. The third-order valence-electron chi connectivity index (χ3n) is 4.44. The smallest absolute Gasteiger partial charge is 0.254 e. The van der Waals surface area contributed by atoms with Gasteiger partial charge in [-0.15, -0.1) is 0 Å². The molecule has 2 aromatic rings. The number of para-hydroxylation sites is 2. The van der Waals surface area contributed by atoms with Crippen molar-refractivity contribution < 1.29 is 14.3 Å². The molecule has 136 valence electrons. The quantitative estimate of drug-likeness (QED) is 0.823. The van der Waals surface area contributed by atoms with Crippen molar-refractivity contribution in [2.45, 2.75) is 19.9 Å². The summed E-state index contributed by atoms with van der Waals surface area (Å²) in [6, 6.07) is 13.7. The van der Waals surface area contributed by atoms with Gasteiger partial charge in [-0.2, -0.15) is 0 Å². The van der Waals surface area contributed by atoms with Crippen LogP contribution in [0, 0.1) is 0 Å². The number of nitrogens with zero attached hydrogens (tertiary/aromatic N) is 2. The summed E-state index contributed by atoms with van der Waals surface area (Å²) >= 11 is 5.98. The topological polar surface area (TPSA) is 49.9 Å². The van der Waals surface area contributed by atoms with E-state index in [1.54, 1.807) is 41.0 Å². The minimum atomic E-state index is -0.565. The molecule has 5 nitrogen and oxygen atoms in total. The zero-order chi connectivity index (χ0) is 18.7. The van der Waals surface area contributed by atoms with E-state index in [1.165, 1.54) is 0 Å². The molecule has 1 heterocycles. The molecular weight excluding hydrogens is 352 g/mol. The van der Waals surface area contributed by atoms with Crippen molar-refractivity contribution >= 4 is 29.1 Å². The fourth-order valence-corrected chi connectivity index (χ4v) is 3.32. The molecule has 1 saturated heterocycles. The molecule has 3 rings (SSSR count). The van der Waals surface area contributed by atoms with Crippen molar-refractivity contribution in [3.05, 3.63) is 59.1 Å². The second-order valence-electron chi connectivity index (χ2n) is 6.08. The van der Waals surface area contributed by atoms with Gasteiger partial charge in [0.25, 0.3) is 5.91 Å². The second kappa shape index (κ2) is 7.79. The molecule has 2 amide bonds. The van der Waals surface area contributed by atoms with Gasteiger partial charge in [-0.05, 0) is 44.2 Å². The molecule has 0 spiro atoms. The van der Waals surface area contributed by atoms with Gasteiger partial charge in [-0.25, -0.2) is 0 Å². The minimum absolute atomic E-state index is 0.126. The first kappa shape index (κ1) is 18.3. The van der Waals surface area contributed by atoms with Gasteiger partial charge in [0.15, 0.2) is 0 Å². The third-order valence-corrected chi connectivity index (χ3v) is 4.68. The highest BCUT2D eigenvalue weighted by atomic mass is 35.5. The van der Waals surface area contributed by atoms with Crippen LogP contribution in [0.25, 0.3) is 0 Å². The summed E-state index contributed by atoms with van der Waals surface area (Å²) < 4.78 is 5.64. The van der Waals surface area contributed by atoms with Crippen molar-refractivity contribution in [3.8, 4) is 5.75 Å². The summed E-state index contributed by atoms with van der Waals surface area (Å²) in [5, 5.41) is 0.499. The number of ether oxygens (including phenoxy) is 1. The molecule has 0 radical (unpaired) electrons. The number of carbonyl (C=O) groups is 2. The van der Waals surface area contributed by atoms with Crippen molar-refractivity contribution in [2.75, 3.05) is 24.6 Å². The predicted octanol–water partition coefficient (Wildman–Crippen LogP) is 3.62. The second-order valence-corrected chi connectivity index (χ2v) is 6.51. The van der Waals surface area contributed by atoms with Crippen molar-refractivity contribution in [3.63, 3.8) is 0 Å². The summed E-state index contributed by atoms with van der Waals surface area (Å²) in [6.07, 6.45) is 0. The SMILES string of the molecule is CCOc1ccccc1N1CCN(C(=O)c2cccc(Cl)c2)C(C)C1=O. The first-order valence-electron chi connectivity index (χ1n) is 8.62. The van der Waals surface area contributed by atoms with E-state index in [0.717, 1.165) is 5.69 Å². The van der Waals surface area contributed by atoms with Crippen molar-refractivity contribution in [1.29, 1.82) is 0 Å². The van der Waals surface area contributed by atoms with Gasteiger partial charge < -0.3 is 14.5 Å². The highest BCUT2D eigenvalue weighted by Gasteiger charge is 2.36. The van der Waals surface area contributed by atoms with Crippen LogP contribution in [0.3, 0.4) is 0 Å². The zero-order valence-electron chi connectivity index (χ0n) is 14.8. The molecular formula is C20H21ClN2O3. The molecule has 6 heteroatoms. The number of carbonyl (C=O) groups excluding carboxylic acids is 2. The Morgan fingerprint density at radius 2 is 1.96 bits per heavy atom. The zero-order valence-corrected chi connectivity index (χ0v) is 15.6. The average Bonchev–Trinajstić information content (AvgIpc) is 2.64. The number of benzene rings is 2. The highest BCUT2D eigenvalue weighted by Crippen LogP contribution is 2.31. The van der Waals surface area contributed by atoms with Crippen LogP contribution < -0.4 is 9.64 Å². The summed E-state index contributed by atoms with van der Waals surface area (Å²) in [5.41, 5.74) is 1.22. The number of piperazine rings is 1. The van der Waals surface area contributed by atoms with Crippen LogP contribution >= 0.6 is 11.6 Å². The minimum Gasteiger partial charge on any atom is -0.492 e. The molecule has 0 aliphatic carbocycles. The first-order chi connectivity index (χ1) is 12.5. The predicted molar refractivity (Wildman–Crippen MR) is 102 cm³/mol. The lowest BCUT2D eigenvalue weighted by molar-refractivity contribution is -0.124. The average molecular weight is 373 g/mol. The van der Waals surface area contributed by atoms with E-state index in [4.69, 9.17) is 16.3 Å². The number of hydrogen-bond donors (Lipinski definition) is 0. The molecule has 2 aromatic carbocycles. The lowest BCUT2D eigenvalue weighted by Gasteiger charge is -2.39. The van der Waals surface area contributed by atoms with Crippen LogP contribution in [0.4, 0.5) is 5.69 Å². The fourth-order valence-electron chi connectivity index (χ4n) is 3.13. The maximum Gasteiger partial charge on any atom is 0.254 e. The lowest BCUT2D eigenvalue weighted by Crippen LogP contribution is -2.57. The van der Waals surface area contributed by atoms with Crippen LogP contribution in [0.1, 0.15) is 24.2 Å². The van der Waals surface area contributed by atoms with E-state index >= 15 is 0 Å². The monoisotopic (exact) mass is 372 g/mol.